The third-order valence-corrected chi connectivity index (χ3v) is 13.2. The van der Waals surface area contributed by atoms with Crippen molar-refractivity contribution in [2.24, 2.45) is 11.8 Å². The lowest BCUT2D eigenvalue weighted by Gasteiger charge is -2.18. The maximum Gasteiger partial charge on any atom is 0.306 e. The van der Waals surface area contributed by atoms with Gasteiger partial charge in [-0.3, -0.25) is 14.4 Å². The maximum atomic E-state index is 12.8. The number of hydrogen-bond acceptors (Lipinski definition) is 6. The first-order chi connectivity index (χ1) is 31.2. The van der Waals surface area contributed by atoms with Crippen molar-refractivity contribution in [2.75, 3.05) is 13.2 Å². The zero-order valence-corrected chi connectivity index (χ0v) is 43.9. The second kappa shape index (κ2) is 50.8. The molecule has 0 unspecified atom stereocenters. The van der Waals surface area contributed by atoms with Gasteiger partial charge in [0.2, 0.25) is 0 Å². The van der Waals surface area contributed by atoms with Crippen molar-refractivity contribution in [3.05, 3.63) is 0 Å². The van der Waals surface area contributed by atoms with Crippen LogP contribution in [0.25, 0.3) is 0 Å². The predicted octanol–water partition coefficient (Wildman–Crippen LogP) is 18.9. The number of carbonyl (C=O) groups is 3. The molecule has 0 aromatic carbocycles. The third-order valence-electron chi connectivity index (χ3n) is 13.2. The monoisotopic (exact) mass is 905 g/mol. The van der Waals surface area contributed by atoms with Gasteiger partial charge < -0.3 is 14.2 Å². The SMILES string of the molecule is CCCCCCCCCCCCCCCCCCC(=O)OC[C@H](COC(=O)CCCCCCCCCCCC(C)C)OC(=O)CCCCCCCCCCCCCCCCCC(C)C. The van der Waals surface area contributed by atoms with Crippen molar-refractivity contribution in [1.29, 1.82) is 0 Å². The number of unbranched alkanes of at least 4 members (excludes halogenated alkanes) is 37. The Bertz CT molecular complexity index is 978. The largest absolute Gasteiger partial charge is 0.462 e. The molecule has 0 aliphatic rings. The molecule has 0 saturated carbocycles. The van der Waals surface area contributed by atoms with Gasteiger partial charge in [0, 0.05) is 19.3 Å². The molecule has 0 aliphatic heterocycles. The van der Waals surface area contributed by atoms with Crippen LogP contribution in [-0.2, 0) is 28.6 Å². The van der Waals surface area contributed by atoms with E-state index in [0.717, 1.165) is 69.6 Å². The van der Waals surface area contributed by atoms with Crippen LogP contribution < -0.4 is 0 Å². The molecule has 0 rings (SSSR count). The van der Waals surface area contributed by atoms with Crippen LogP contribution >= 0.6 is 0 Å². The fraction of sp³-hybridized carbons (Fsp3) is 0.948. The molecule has 6 nitrogen and oxygen atoms in total. The quantitative estimate of drug-likeness (QED) is 0.0344. The topological polar surface area (TPSA) is 78.9 Å². The molecule has 0 bridgehead atoms. The van der Waals surface area contributed by atoms with Gasteiger partial charge in [-0.2, -0.15) is 0 Å². The van der Waals surface area contributed by atoms with Crippen LogP contribution in [-0.4, -0.2) is 37.2 Å². The Hall–Kier alpha value is -1.59. The second-order valence-corrected chi connectivity index (χ2v) is 20.9. The van der Waals surface area contributed by atoms with Crippen LogP contribution in [0.4, 0.5) is 0 Å². The summed E-state index contributed by atoms with van der Waals surface area (Å²) in [4.78, 5) is 38.1. The Morgan fingerprint density at radius 3 is 0.766 bits per heavy atom. The Labute approximate surface area is 399 Å². The predicted molar refractivity (Wildman–Crippen MR) is 275 cm³/mol. The van der Waals surface area contributed by atoms with Gasteiger partial charge in [0.15, 0.2) is 6.10 Å². The molecule has 1 atom stereocenters. The van der Waals surface area contributed by atoms with Gasteiger partial charge in [0.25, 0.3) is 0 Å². The van der Waals surface area contributed by atoms with Gasteiger partial charge in [0.05, 0.1) is 0 Å². The van der Waals surface area contributed by atoms with E-state index in [1.807, 2.05) is 0 Å². The van der Waals surface area contributed by atoms with Crippen molar-refractivity contribution < 1.29 is 28.6 Å². The number of hydrogen-bond donors (Lipinski definition) is 0. The van der Waals surface area contributed by atoms with Crippen molar-refractivity contribution >= 4 is 17.9 Å². The minimum Gasteiger partial charge on any atom is -0.462 e. The molecule has 0 radical (unpaired) electrons. The normalized spacial score (nSPS) is 12.0. The third kappa shape index (κ3) is 51.4. The zero-order chi connectivity index (χ0) is 46.8. The van der Waals surface area contributed by atoms with Gasteiger partial charge in [-0.1, -0.05) is 285 Å². The van der Waals surface area contributed by atoms with Crippen LogP contribution in [0.2, 0.25) is 0 Å². The van der Waals surface area contributed by atoms with E-state index in [4.69, 9.17) is 14.2 Å². The lowest BCUT2D eigenvalue weighted by atomic mass is 10.0. The maximum absolute atomic E-state index is 12.8. The summed E-state index contributed by atoms with van der Waals surface area (Å²) in [6.45, 7) is 11.4. The first-order valence-electron chi connectivity index (χ1n) is 28.7. The Morgan fingerprint density at radius 2 is 0.516 bits per heavy atom. The summed E-state index contributed by atoms with van der Waals surface area (Å²) in [5, 5.41) is 0. The highest BCUT2D eigenvalue weighted by molar-refractivity contribution is 5.71. The average Bonchev–Trinajstić information content (AvgIpc) is 3.27. The highest BCUT2D eigenvalue weighted by Gasteiger charge is 2.19. The summed E-state index contributed by atoms with van der Waals surface area (Å²) in [6, 6.07) is 0. The molecule has 0 saturated heterocycles. The molecule has 0 aliphatic carbocycles. The molecule has 0 N–H and O–H groups in total. The van der Waals surface area contributed by atoms with Crippen LogP contribution in [0.3, 0.4) is 0 Å². The van der Waals surface area contributed by atoms with Crippen LogP contribution in [0, 0.1) is 11.8 Å². The molecule has 0 heterocycles. The summed E-state index contributed by atoms with van der Waals surface area (Å²) in [7, 11) is 0. The average molecular weight is 906 g/mol. The fourth-order valence-electron chi connectivity index (χ4n) is 8.87. The minimum absolute atomic E-state index is 0.0629. The van der Waals surface area contributed by atoms with Crippen molar-refractivity contribution in [1.82, 2.24) is 0 Å². The van der Waals surface area contributed by atoms with Gasteiger partial charge >= 0.3 is 17.9 Å². The minimum atomic E-state index is -0.763. The number of rotatable bonds is 52. The zero-order valence-electron chi connectivity index (χ0n) is 43.9. The number of ether oxygens (including phenoxy) is 3. The van der Waals surface area contributed by atoms with E-state index in [1.165, 1.54) is 212 Å². The van der Waals surface area contributed by atoms with Gasteiger partial charge in [-0.15, -0.1) is 0 Å². The van der Waals surface area contributed by atoms with E-state index >= 15 is 0 Å². The van der Waals surface area contributed by atoms with E-state index in [1.54, 1.807) is 0 Å². The lowest BCUT2D eigenvalue weighted by molar-refractivity contribution is -0.167. The Kier molecular flexibility index (Phi) is 49.6. The van der Waals surface area contributed by atoms with E-state index in [-0.39, 0.29) is 31.1 Å². The summed E-state index contributed by atoms with van der Waals surface area (Å²) in [5.41, 5.74) is 0. The molecular weight excluding hydrogens is 793 g/mol. The van der Waals surface area contributed by atoms with E-state index in [9.17, 15) is 14.4 Å². The molecule has 6 heteroatoms. The first kappa shape index (κ1) is 62.4. The molecule has 0 aromatic heterocycles. The highest BCUT2D eigenvalue weighted by Crippen LogP contribution is 2.18. The van der Waals surface area contributed by atoms with Crippen LogP contribution in [0.15, 0.2) is 0 Å². The fourth-order valence-corrected chi connectivity index (χ4v) is 8.87. The lowest BCUT2D eigenvalue weighted by Crippen LogP contribution is -2.30. The molecule has 0 spiro atoms. The number of carbonyl (C=O) groups excluding carboxylic acids is 3. The van der Waals surface area contributed by atoms with Crippen molar-refractivity contribution in [3.63, 3.8) is 0 Å². The van der Waals surface area contributed by atoms with Crippen molar-refractivity contribution in [2.45, 2.75) is 330 Å². The Morgan fingerprint density at radius 1 is 0.297 bits per heavy atom. The molecule has 0 aromatic rings. The summed E-state index contributed by atoms with van der Waals surface area (Å²) >= 11 is 0. The van der Waals surface area contributed by atoms with Crippen LogP contribution in [0.1, 0.15) is 324 Å². The highest BCUT2D eigenvalue weighted by atomic mass is 16.6. The smallest absolute Gasteiger partial charge is 0.306 e. The molecule has 0 amide bonds. The summed E-state index contributed by atoms with van der Waals surface area (Å²) in [5.74, 6) is 0.816. The summed E-state index contributed by atoms with van der Waals surface area (Å²) < 4.78 is 16.9. The first-order valence-corrected chi connectivity index (χ1v) is 28.7. The summed E-state index contributed by atoms with van der Waals surface area (Å²) in [6.07, 6.45) is 53.8. The second-order valence-electron chi connectivity index (χ2n) is 20.9. The molecule has 0 fully saturated rings. The standard InChI is InChI=1S/C58H112O6/c1-6-7-8-9-10-11-12-13-14-17-20-23-28-33-38-43-48-56(59)62-51-55(52-63-57(60)49-44-39-34-30-25-27-32-37-42-47-54(4)5)64-58(61)50-45-40-35-29-24-21-18-15-16-19-22-26-31-36-41-46-53(2)3/h53-55H,6-52H2,1-5H3/t55-/m1/s1. The molecule has 64 heavy (non-hydrogen) atoms. The van der Waals surface area contributed by atoms with Gasteiger partial charge in [0.1, 0.15) is 13.2 Å². The Balaban J connectivity index is 4.28. The van der Waals surface area contributed by atoms with Crippen LogP contribution in [0.5, 0.6) is 0 Å². The molecular formula is C58H112O6. The van der Waals surface area contributed by atoms with E-state index < -0.39 is 6.10 Å². The molecule has 380 valence electrons. The van der Waals surface area contributed by atoms with E-state index in [0.29, 0.717) is 19.3 Å². The van der Waals surface area contributed by atoms with Gasteiger partial charge in [-0.05, 0) is 31.1 Å². The van der Waals surface area contributed by atoms with E-state index in [2.05, 4.69) is 34.6 Å². The van der Waals surface area contributed by atoms with Crippen molar-refractivity contribution in [3.8, 4) is 0 Å². The number of esters is 3. The van der Waals surface area contributed by atoms with Gasteiger partial charge in [-0.25, -0.2) is 0 Å².